The normalized spacial score (nSPS) is 30.5. The Labute approximate surface area is 117 Å². The van der Waals surface area contributed by atoms with Crippen molar-refractivity contribution in [3.8, 4) is 0 Å². The number of rotatable bonds is 0. The van der Waals surface area contributed by atoms with Gasteiger partial charge in [0.2, 0.25) is 5.92 Å². The molecule has 0 heterocycles. The predicted molar refractivity (Wildman–Crippen MR) is 76.5 cm³/mol. The van der Waals surface area contributed by atoms with Crippen molar-refractivity contribution in [2.24, 2.45) is 11.8 Å². The number of halogens is 3. The molecule has 0 spiro atoms. The van der Waals surface area contributed by atoms with Gasteiger partial charge in [0.25, 0.3) is 0 Å². The Hall–Kier alpha value is -0.210. The molecule has 2 saturated carbocycles. The molecule has 0 nitrogen and oxygen atoms in total. The summed E-state index contributed by atoms with van der Waals surface area (Å²) in [4.78, 5) is 0. The molecule has 0 aliphatic heterocycles. The Morgan fingerprint density at radius 1 is 0.842 bits per heavy atom. The molecule has 0 aromatic heterocycles. The highest BCUT2D eigenvalue weighted by Crippen LogP contribution is 2.35. The van der Waals surface area contributed by atoms with Crippen LogP contribution in [0.15, 0.2) is 0 Å². The minimum Gasteiger partial charge on any atom is -0.247 e. The molecule has 2 rings (SSSR count). The van der Waals surface area contributed by atoms with Gasteiger partial charge in [-0.3, -0.25) is 0 Å². The van der Waals surface area contributed by atoms with E-state index in [-0.39, 0.29) is 12.8 Å². The molecule has 0 saturated heterocycles. The largest absolute Gasteiger partial charge is 0.248 e. The third-order valence-electron chi connectivity index (χ3n) is 4.01. The summed E-state index contributed by atoms with van der Waals surface area (Å²) in [7, 11) is 0. The zero-order valence-electron chi connectivity index (χ0n) is 13.0. The third-order valence-corrected chi connectivity index (χ3v) is 4.01. The quantitative estimate of drug-likeness (QED) is 0.482. The topological polar surface area (TPSA) is 0 Å². The van der Waals surface area contributed by atoms with Gasteiger partial charge in [0.1, 0.15) is 6.17 Å². The van der Waals surface area contributed by atoms with Gasteiger partial charge in [0.05, 0.1) is 0 Å². The van der Waals surface area contributed by atoms with Gasteiger partial charge in [-0.05, 0) is 37.5 Å². The molecule has 0 N–H and O–H groups in total. The fourth-order valence-corrected chi connectivity index (χ4v) is 2.46. The Bertz CT molecular complexity index is 196. The van der Waals surface area contributed by atoms with Crippen LogP contribution in [0.5, 0.6) is 0 Å². The van der Waals surface area contributed by atoms with E-state index in [1.54, 1.807) is 0 Å². The molecule has 2 atom stereocenters. The van der Waals surface area contributed by atoms with Gasteiger partial charge in [-0.25, -0.2) is 13.2 Å². The van der Waals surface area contributed by atoms with Crippen molar-refractivity contribution < 1.29 is 13.2 Å². The fourth-order valence-electron chi connectivity index (χ4n) is 2.46. The van der Waals surface area contributed by atoms with Crippen LogP contribution in [-0.2, 0) is 0 Å². The lowest BCUT2D eigenvalue weighted by Gasteiger charge is -2.25. The summed E-state index contributed by atoms with van der Waals surface area (Å²) < 4.78 is 37.3. The first kappa shape index (κ1) is 18.8. The average molecular weight is 280 g/mol. The van der Waals surface area contributed by atoms with Crippen LogP contribution in [0.25, 0.3) is 0 Å². The van der Waals surface area contributed by atoms with Gasteiger partial charge < -0.3 is 0 Å². The lowest BCUT2D eigenvalue weighted by atomic mass is 9.88. The van der Waals surface area contributed by atoms with Crippen LogP contribution >= 0.6 is 0 Å². The van der Waals surface area contributed by atoms with Gasteiger partial charge in [-0.1, -0.05) is 40.5 Å². The molecule has 0 aromatic carbocycles. The zero-order valence-corrected chi connectivity index (χ0v) is 13.0. The lowest BCUT2D eigenvalue weighted by molar-refractivity contribution is -0.0438. The number of alkyl halides is 3. The molecule has 2 aliphatic rings. The van der Waals surface area contributed by atoms with Crippen molar-refractivity contribution in [1.29, 1.82) is 0 Å². The van der Waals surface area contributed by atoms with E-state index in [9.17, 15) is 13.2 Å². The van der Waals surface area contributed by atoms with Crippen LogP contribution in [0.3, 0.4) is 0 Å². The van der Waals surface area contributed by atoms with E-state index in [4.69, 9.17) is 0 Å². The summed E-state index contributed by atoms with van der Waals surface area (Å²) >= 11 is 0. The van der Waals surface area contributed by atoms with Gasteiger partial charge in [-0.2, -0.15) is 0 Å². The van der Waals surface area contributed by atoms with E-state index < -0.39 is 12.1 Å². The van der Waals surface area contributed by atoms with Crippen molar-refractivity contribution in [3.05, 3.63) is 0 Å². The molecule has 2 aliphatic carbocycles. The van der Waals surface area contributed by atoms with Crippen LogP contribution in [0.1, 0.15) is 79.1 Å². The molecule has 3 heteroatoms. The van der Waals surface area contributed by atoms with Crippen molar-refractivity contribution in [2.75, 3.05) is 0 Å². The summed E-state index contributed by atoms with van der Waals surface area (Å²) in [6, 6.07) is 0. The molecule has 19 heavy (non-hydrogen) atoms. The Morgan fingerprint density at radius 3 is 1.63 bits per heavy atom. The maximum atomic E-state index is 12.6. The highest BCUT2D eigenvalue weighted by molar-refractivity contribution is 4.74. The first-order chi connectivity index (χ1) is 8.91. The molecule has 2 fully saturated rings. The standard InChI is InChI=1S/C7H12F2.C7H13F.C2H6/c1-6-2-4-7(8,9)5-3-6;1-6-4-2-3-5-7(6)8;1-2/h6H,2-5H2,1H3;6-7H,2-5H2,1H3;1-2H3. The molecule has 0 aromatic rings. The van der Waals surface area contributed by atoms with E-state index in [1.165, 1.54) is 6.42 Å². The van der Waals surface area contributed by atoms with Gasteiger partial charge >= 0.3 is 0 Å². The molecule has 116 valence electrons. The van der Waals surface area contributed by atoms with Crippen LogP contribution in [-0.4, -0.2) is 12.1 Å². The second-order valence-electron chi connectivity index (χ2n) is 5.82. The molecule has 0 amide bonds. The first-order valence-electron chi connectivity index (χ1n) is 7.92. The van der Waals surface area contributed by atoms with Gasteiger partial charge in [0, 0.05) is 12.8 Å². The van der Waals surface area contributed by atoms with E-state index in [1.807, 2.05) is 27.7 Å². The second kappa shape index (κ2) is 9.66. The molecular weight excluding hydrogens is 249 g/mol. The number of hydrogen-bond donors (Lipinski definition) is 0. The molecule has 2 unspecified atom stereocenters. The van der Waals surface area contributed by atoms with Crippen molar-refractivity contribution in [1.82, 2.24) is 0 Å². The number of hydrogen-bond acceptors (Lipinski definition) is 0. The fraction of sp³-hybridized carbons (Fsp3) is 1.00. The third kappa shape index (κ3) is 8.54. The summed E-state index contributed by atoms with van der Waals surface area (Å²) in [6.45, 7) is 8.04. The first-order valence-corrected chi connectivity index (χ1v) is 7.92. The second-order valence-corrected chi connectivity index (χ2v) is 5.82. The summed E-state index contributed by atoms with van der Waals surface area (Å²) in [5.41, 5.74) is 0. The smallest absolute Gasteiger partial charge is 0.247 e. The van der Waals surface area contributed by atoms with Crippen LogP contribution in [0, 0.1) is 11.8 Å². The summed E-state index contributed by atoms with van der Waals surface area (Å²) in [5, 5.41) is 0. The molecule has 0 radical (unpaired) electrons. The van der Waals surface area contributed by atoms with Gasteiger partial charge in [0.15, 0.2) is 0 Å². The monoisotopic (exact) mass is 280 g/mol. The SMILES string of the molecule is CC.CC1CCC(F)(F)CC1.CC1CCCCC1F. The predicted octanol–water partition coefficient (Wildman–Crippen LogP) is 6.39. The van der Waals surface area contributed by atoms with Crippen LogP contribution < -0.4 is 0 Å². The highest BCUT2D eigenvalue weighted by atomic mass is 19.3. The van der Waals surface area contributed by atoms with E-state index >= 15 is 0 Å². The molecular formula is C16H31F3. The Balaban J connectivity index is 0.000000303. The maximum absolute atomic E-state index is 12.6. The average Bonchev–Trinajstić information content (AvgIpc) is 2.40. The van der Waals surface area contributed by atoms with Crippen molar-refractivity contribution in [2.45, 2.75) is 91.2 Å². The Kier molecular flexibility index (Phi) is 9.55. The van der Waals surface area contributed by atoms with Crippen molar-refractivity contribution in [3.63, 3.8) is 0 Å². The lowest BCUT2D eigenvalue weighted by Crippen LogP contribution is -2.23. The van der Waals surface area contributed by atoms with Crippen molar-refractivity contribution >= 4 is 0 Å². The zero-order chi connectivity index (χ0) is 14.9. The summed E-state index contributed by atoms with van der Waals surface area (Å²) in [6.07, 6.45) is 5.36. The van der Waals surface area contributed by atoms with E-state index in [0.29, 0.717) is 24.7 Å². The van der Waals surface area contributed by atoms with E-state index in [0.717, 1.165) is 19.3 Å². The van der Waals surface area contributed by atoms with Crippen LogP contribution in [0.2, 0.25) is 0 Å². The Morgan fingerprint density at radius 2 is 1.32 bits per heavy atom. The van der Waals surface area contributed by atoms with E-state index in [2.05, 4.69) is 0 Å². The highest BCUT2D eigenvalue weighted by Gasteiger charge is 2.33. The maximum Gasteiger partial charge on any atom is 0.248 e. The molecule has 0 bridgehead atoms. The minimum absolute atomic E-state index is 0.105. The van der Waals surface area contributed by atoms with Gasteiger partial charge in [-0.15, -0.1) is 0 Å². The minimum atomic E-state index is -2.34. The summed E-state index contributed by atoms with van der Waals surface area (Å²) in [5.74, 6) is -1.49. The van der Waals surface area contributed by atoms with Crippen LogP contribution in [0.4, 0.5) is 13.2 Å².